The van der Waals surface area contributed by atoms with Crippen LogP contribution in [0, 0.1) is 0 Å². The van der Waals surface area contributed by atoms with Crippen molar-refractivity contribution in [1.82, 2.24) is 9.80 Å². The molecule has 0 aromatic rings. The number of hydrogen-bond donors (Lipinski definition) is 0. The summed E-state index contributed by atoms with van der Waals surface area (Å²) in [6.45, 7) is 14.0. The van der Waals surface area contributed by atoms with E-state index in [-0.39, 0.29) is 12.1 Å². The van der Waals surface area contributed by atoms with E-state index < -0.39 is 11.3 Å². The summed E-state index contributed by atoms with van der Waals surface area (Å²) in [5.41, 5.74) is -1.10. The number of rotatable bonds is 4. The van der Waals surface area contributed by atoms with Crippen LogP contribution in [0.4, 0.5) is 4.79 Å². The highest BCUT2D eigenvalue weighted by Crippen LogP contribution is 2.29. The second-order valence-electron chi connectivity index (χ2n) is 7.02. The molecule has 1 heterocycles. The van der Waals surface area contributed by atoms with Crippen molar-refractivity contribution in [3.8, 4) is 0 Å². The van der Waals surface area contributed by atoms with Crippen molar-refractivity contribution < 1.29 is 14.3 Å². The lowest BCUT2D eigenvalue weighted by Crippen LogP contribution is -2.52. The van der Waals surface area contributed by atoms with Gasteiger partial charge in [-0.05, 0) is 54.6 Å². The van der Waals surface area contributed by atoms with Crippen LogP contribution in [0.3, 0.4) is 0 Å². The SMILES string of the molecule is CCCN(C)CC1COC(C)(C)N1C(=O)OC(C)(C)C. The Balaban J connectivity index is 2.77. The molecule has 118 valence electrons. The molecule has 1 saturated heterocycles. The maximum Gasteiger partial charge on any atom is 0.412 e. The highest BCUT2D eigenvalue weighted by Gasteiger charge is 2.45. The fourth-order valence-corrected chi connectivity index (χ4v) is 2.53. The standard InChI is InChI=1S/C15H30N2O3/c1-8-9-16(7)10-12-11-19-15(5,6)17(12)13(18)20-14(2,3)4/h12H,8-11H2,1-7H3. The fraction of sp³-hybridized carbons (Fsp3) is 0.933. The van der Waals surface area contributed by atoms with Gasteiger partial charge in [0.05, 0.1) is 12.6 Å². The van der Waals surface area contributed by atoms with E-state index in [9.17, 15) is 4.79 Å². The van der Waals surface area contributed by atoms with Gasteiger partial charge in [-0.25, -0.2) is 4.79 Å². The van der Waals surface area contributed by atoms with Gasteiger partial charge in [-0.15, -0.1) is 0 Å². The third kappa shape index (κ3) is 4.63. The van der Waals surface area contributed by atoms with E-state index in [2.05, 4.69) is 18.9 Å². The summed E-state index contributed by atoms with van der Waals surface area (Å²) in [5.74, 6) is 0. The molecule has 0 saturated carbocycles. The predicted molar refractivity (Wildman–Crippen MR) is 79.7 cm³/mol. The van der Waals surface area contributed by atoms with Gasteiger partial charge in [0.25, 0.3) is 0 Å². The molecule has 5 heteroatoms. The van der Waals surface area contributed by atoms with Gasteiger partial charge in [-0.1, -0.05) is 6.92 Å². The van der Waals surface area contributed by atoms with Crippen LogP contribution in [-0.4, -0.2) is 60.0 Å². The van der Waals surface area contributed by atoms with Gasteiger partial charge in [-0.2, -0.15) is 0 Å². The number of amides is 1. The average molecular weight is 286 g/mol. The van der Waals surface area contributed by atoms with E-state index in [0.29, 0.717) is 6.61 Å². The van der Waals surface area contributed by atoms with E-state index in [4.69, 9.17) is 9.47 Å². The van der Waals surface area contributed by atoms with E-state index in [1.54, 1.807) is 4.90 Å². The Kier molecular flexibility index (Phi) is 5.44. The smallest absolute Gasteiger partial charge is 0.412 e. The summed E-state index contributed by atoms with van der Waals surface area (Å²) < 4.78 is 11.3. The molecule has 1 aliphatic rings. The minimum absolute atomic E-state index is 0.0383. The van der Waals surface area contributed by atoms with Crippen LogP contribution in [0.15, 0.2) is 0 Å². The molecule has 0 spiro atoms. The Bertz CT molecular complexity index is 337. The molecular formula is C15H30N2O3. The van der Waals surface area contributed by atoms with Crippen molar-refractivity contribution >= 4 is 6.09 Å². The van der Waals surface area contributed by atoms with Crippen molar-refractivity contribution in [1.29, 1.82) is 0 Å². The topological polar surface area (TPSA) is 42.0 Å². The second-order valence-corrected chi connectivity index (χ2v) is 7.02. The van der Waals surface area contributed by atoms with Gasteiger partial charge < -0.3 is 14.4 Å². The summed E-state index contributed by atoms with van der Waals surface area (Å²) >= 11 is 0. The average Bonchev–Trinajstić information content (AvgIpc) is 2.51. The van der Waals surface area contributed by atoms with Crippen molar-refractivity contribution in [2.24, 2.45) is 0 Å². The minimum atomic E-state index is -0.611. The van der Waals surface area contributed by atoms with Crippen molar-refractivity contribution in [2.75, 3.05) is 26.7 Å². The number of hydrogen-bond acceptors (Lipinski definition) is 4. The maximum absolute atomic E-state index is 12.4. The van der Waals surface area contributed by atoms with E-state index in [1.165, 1.54) is 0 Å². The van der Waals surface area contributed by atoms with Gasteiger partial charge in [0.15, 0.2) is 0 Å². The molecule has 0 bridgehead atoms. The summed E-state index contributed by atoms with van der Waals surface area (Å²) in [7, 11) is 2.07. The van der Waals surface area contributed by atoms with Crippen molar-refractivity contribution in [2.45, 2.75) is 65.3 Å². The van der Waals surface area contributed by atoms with Gasteiger partial charge in [0.2, 0.25) is 0 Å². The molecule has 0 N–H and O–H groups in total. The van der Waals surface area contributed by atoms with Gasteiger partial charge in [0.1, 0.15) is 11.3 Å². The van der Waals surface area contributed by atoms with Gasteiger partial charge in [-0.3, -0.25) is 4.90 Å². The summed E-state index contributed by atoms with van der Waals surface area (Å²) in [6, 6.07) is 0.0383. The zero-order chi connectivity index (χ0) is 15.6. The monoisotopic (exact) mass is 286 g/mol. The van der Waals surface area contributed by atoms with Crippen LogP contribution in [0.5, 0.6) is 0 Å². The van der Waals surface area contributed by atoms with E-state index in [1.807, 2.05) is 34.6 Å². The quantitative estimate of drug-likeness (QED) is 0.797. The second kappa shape index (κ2) is 6.31. The van der Waals surface area contributed by atoms with Crippen LogP contribution >= 0.6 is 0 Å². The first-order valence-corrected chi connectivity index (χ1v) is 7.41. The third-order valence-corrected chi connectivity index (χ3v) is 3.29. The zero-order valence-electron chi connectivity index (χ0n) is 14.0. The fourth-order valence-electron chi connectivity index (χ4n) is 2.53. The number of ether oxygens (including phenoxy) is 2. The molecular weight excluding hydrogens is 256 g/mol. The Hall–Kier alpha value is -0.810. The Labute approximate surface area is 123 Å². The molecule has 5 nitrogen and oxygen atoms in total. The van der Waals surface area contributed by atoms with Crippen molar-refractivity contribution in [3.63, 3.8) is 0 Å². The lowest BCUT2D eigenvalue weighted by Gasteiger charge is -2.36. The first-order valence-electron chi connectivity index (χ1n) is 7.41. The summed E-state index contributed by atoms with van der Waals surface area (Å²) in [5, 5.41) is 0. The van der Waals surface area contributed by atoms with Crippen LogP contribution in [0.25, 0.3) is 0 Å². The molecule has 0 radical (unpaired) electrons. The van der Waals surface area contributed by atoms with Crippen LogP contribution < -0.4 is 0 Å². The molecule has 0 aromatic carbocycles. The lowest BCUT2D eigenvalue weighted by molar-refractivity contribution is -0.0631. The Morgan fingerprint density at radius 1 is 1.45 bits per heavy atom. The summed E-state index contributed by atoms with van der Waals surface area (Å²) in [4.78, 5) is 16.4. The predicted octanol–water partition coefficient (Wildman–Crippen LogP) is 2.70. The normalized spacial score (nSPS) is 22.4. The molecule has 1 fully saturated rings. The highest BCUT2D eigenvalue weighted by molar-refractivity contribution is 5.69. The van der Waals surface area contributed by atoms with Gasteiger partial charge in [0, 0.05) is 6.54 Å². The Morgan fingerprint density at radius 3 is 2.55 bits per heavy atom. The largest absolute Gasteiger partial charge is 0.444 e. The number of carbonyl (C=O) groups excluding carboxylic acids is 1. The number of nitrogens with zero attached hydrogens (tertiary/aromatic N) is 2. The van der Waals surface area contributed by atoms with Crippen molar-refractivity contribution in [3.05, 3.63) is 0 Å². The molecule has 1 rings (SSSR count). The molecule has 20 heavy (non-hydrogen) atoms. The summed E-state index contributed by atoms with van der Waals surface area (Å²) in [6.07, 6.45) is 0.801. The van der Waals surface area contributed by atoms with E-state index >= 15 is 0 Å². The zero-order valence-corrected chi connectivity index (χ0v) is 14.0. The van der Waals surface area contributed by atoms with Crippen LogP contribution in [-0.2, 0) is 9.47 Å². The minimum Gasteiger partial charge on any atom is -0.444 e. The van der Waals surface area contributed by atoms with Crippen LogP contribution in [0.1, 0.15) is 48.0 Å². The van der Waals surface area contributed by atoms with E-state index in [0.717, 1.165) is 19.5 Å². The first kappa shape index (κ1) is 17.2. The van der Waals surface area contributed by atoms with Crippen LogP contribution in [0.2, 0.25) is 0 Å². The third-order valence-electron chi connectivity index (χ3n) is 3.29. The highest BCUT2D eigenvalue weighted by atomic mass is 16.6. The molecule has 0 aromatic heterocycles. The first-order chi connectivity index (χ1) is 9.07. The molecule has 1 unspecified atom stereocenters. The molecule has 1 aliphatic heterocycles. The Morgan fingerprint density at radius 2 is 2.05 bits per heavy atom. The maximum atomic E-state index is 12.4. The lowest BCUT2D eigenvalue weighted by atomic mass is 10.2. The van der Waals surface area contributed by atoms with Gasteiger partial charge >= 0.3 is 6.09 Å². The molecule has 0 aliphatic carbocycles. The molecule has 1 atom stereocenters. The molecule has 1 amide bonds. The number of likely N-dealkylation sites (N-methyl/N-ethyl adjacent to an activating group) is 1. The number of carbonyl (C=O) groups is 1.